The maximum Gasteiger partial charge on any atom is 0.504 e. The number of nitrogens with zero attached hydrogens (tertiary/aromatic N) is 2. The molecule has 0 aromatic carbocycles. The Labute approximate surface area is 76.4 Å². The zero-order valence-electron chi connectivity index (χ0n) is 5.95. The Bertz CT molecular complexity index is 309. The van der Waals surface area contributed by atoms with E-state index >= 15 is 0 Å². The quantitative estimate of drug-likeness (QED) is 0.774. The standard InChI is InChI=1S/C5H3F3N2O2.ClH/c6-5(7,8)10-2-3(1-9-10)4(11)12;/h1-2H,(H,11,12);1H. The van der Waals surface area contributed by atoms with Crippen molar-refractivity contribution in [2.45, 2.75) is 6.30 Å². The SMILES string of the molecule is Cl.O=C(O)c1cnn(C(F)(F)F)c1. The first-order chi connectivity index (χ1) is 5.41. The first kappa shape index (κ1) is 11.8. The second kappa shape index (κ2) is 3.65. The lowest BCUT2D eigenvalue weighted by atomic mass is 10.4. The van der Waals surface area contributed by atoms with Gasteiger partial charge in [0, 0.05) is 6.20 Å². The fraction of sp³-hybridized carbons (Fsp3) is 0.200. The van der Waals surface area contributed by atoms with Gasteiger partial charge in [-0.2, -0.15) is 9.78 Å². The number of halogens is 4. The number of alkyl halides is 3. The highest BCUT2D eigenvalue weighted by Crippen LogP contribution is 2.20. The van der Waals surface area contributed by atoms with E-state index in [1.54, 1.807) is 0 Å². The molecular weight excluding hydrogens is 213 g/mol. The molecule has 0 unspecified atom stereocenters. The lowest BCUT2D eigenvalue weighted by Gasteiger charge is -2.03. The van der Waals surface area contributed by atoms with Crippen molar-refractivity contribution in [3.05, 3.63) is 18.0 Å². The third kappa shape index (κ3) is 2.62. The Morgan fingerprint density at radius 2 is 2.08 bits per heavy atom. The van der Waals surface area contributed by atoms with Crippen LogP contribution < -0.4 is 0 Å². The van der Waals surface area contributed by atoms with Gasteiger partial charge in [-0.05, 0) is 0 Å². The monoisotopic (exact) mass is 216 g/mol. The van der Waals surface area contributed by atoms with Crippen molar-refractivity contribution >= 4 is 18.4 Å². The van der Waals surface area contributed by atoms with Crippen LogP contribution in [0.3, 0.4) is 0 Å². The lowest BCUT2D eigenvalue weighted by Crippen LogP contribution is -2.16. The molecule has 0 bridgehead atoms. The van der Waals surface area contributed by atoms with Gasteiger partial charge >= 0.3 is 12.3 Å². The van der Waals surface area contributed by atoms with E-state index in [2.05, 4.69) is 5.10 Å². The Morgan fingerprint density at radius 3 is 2.31 bits per heavy atom. The van der Waals surface area contributed by atoms with Gasteiger partial charge in [0.05, 0.1) is 11.8 Å². The number of carbonyl (C=O) groups is 1. The van der Waals surface area contributed by atoms with Crippen molar-refractivity contribution in [1.29, 1.82) is 0 Å². The van der Waals surface area contributed by atoms with E-state index in [-0.39, 0.29) is 17.1 Å². The van der Waals surface area contributed by atoms with E-state index in [4.69, 9.17) is 5.11 Å². The molecule has 1 aromatic heterocycles. The van der Waals surface area contributed by atoms with Crippen molar-refractivity contribution in [2.24, 2.45) is 0 Å². The summed E-state index contributed by atoms with van der Waals surface area (Å²) < 4.78 is 35.0. The second-order valence-corrected chi connectivity index (χ2v) is 1.95. The Hall–Kier alpha value is -1.24. The average Bonchev–Trinajstić information content (AvgIpc) is 2.30. The lowest BCUT2D eigenvalue weighted by molar-refractivity contribution is -0.212. The van der Waals surface area contributed by atoms with Gasteiger partial charge in [-0.3, -0.25) is 0 Å². The van der Waals surface area contributed by atoms with Gasteiger partial charge in [-0.25, -0.2) is 4.79 Å². The number of rotatable bonds is 1. The molecule has 0 radical (unpaired) electrons. The number of hydrogen-bond acceptors (Lipinski definition) is 2. The minimum atomic E-state index is -4.66. The van der Waals surface area contributed by atoms with E-state index in [0.717, 1.165) is 0 Å². The summed E-state index contributed by atoms with van der Waals surface area (Å²) in [6, 6.07) is 0. The van der Waals surface area contributed by atoms with Crippen molar-refractivity contribution < 1.29 is 23.1 Å². The van der Waals surface area contributed by atoms with Crippen LogP contribution in [0.1, 0.15) is 10.4 Å². The molecule has 0 aliphatic rings. The van der Waals surface area contributed by atoms with Crippen molar-refractivity contribution in [3.8, 4) is 0 Å². The number of aromatic nitrogens is 2. The van der Waals surface area contributed by atoms with Crippen LogP contribution in [0.2, 0.25) is 0 Å². The van der Waals surface area contributed by atoms with Crippen LogP contribution in [0.15, 0.2) is 12.4 Å². The number of hydrogen-bond donors (Lipinski definition) is 1. The normalized spacial score (nSPS) is 10.7. The molecule has 4 nitrogen and oxygen atoms in total. The number of carboxylic acids is 1. The van der Waals surface area contributed by atoms with Gasteiger partial charge in [0.1, 0.15) is 0 Å². The molecule has 74 valence electrons. The Morgan fingerprint density at radius 1 is 1.54 bits per heavy atom. The summed E-state index contributed by atoms with van der Waals surface area (Å²) in [5.41, 5.74) is -0.493. The van der Waals surface area contributed by atoms with E-state index in [1.807, 2.05) is 0 Å². The molecule has 1 aromatic rings. The fourth-order valence-electron chi connectivity index (χ4n) is 0.572. The van der Waals surface area contributed by atoms with Gasteiger partial charge in [0.15, 0.2) is 0 Å². The van der Waals surface area contributed by atoms with Gasteiger partial charge in [-0.1, -0.05) is 0 Å². The summed E-state index contributed by atoms with van der Waals surface area (Å²) in [5.74, 6) is -1.44. The van der Waals surface area contributed by atoms with Crippen LogP contribution in [0, 0.1) is 0 Å². The summed E-state index contributed by atoms with van der Waals surface area (Å²) >= 11 is 0. The summed E-state index contributed by atoms with van der Waals surface area (Å²) in [5, 5.41) is 11.1. The zero-order chi connectivity index (χ0) is 9.35. The molecule has 1 rings (SSSR count). The van der Waals surface area contributed by atoms with Crippen LogP contribution in [0.4, 0.5) is 13.2 Å². The molecule has 0 saturated carbocycles. The molecule has 13 heavy (non-hydrogen) atoms. The molecule has 0 spiro atoms. The first-order valence-corrected chi connectivity index (χ1v) is 2.76. The highest BCUT2D eigenvalue weighted by molar-refractivity contribution is 5.86. The summed E-state index contributed by atoms with van der Waals surface area (Å²) in [6.07, 6.45) is -3.62. The molecule has 1 N–H and O–H groups in total. The van der Waals surface area contributed by atoms with E-state index < -0.39 is 17.8 Å². The summed E-state index contributed by atoms with van der Waals surface area (Å²) in [6.45, 7) is 0. The molecule has 8 heteroatoms. The Balaban J connectivity index is 0.00000144. The molecule has 1 heterocycles. The average molecular weight is 217 g/mol. The fourth-order valence-corrected chi connectivity index (χ4v) is 0.572. The van der Waals surface area contributed by atoms with Crippen LogP contribution in [0.25, 0.3) is 0 Å². The topological polar surface area (TPSA) is 55.1 Å². The molecule has 0 atom stereocenters. The Kier molecular flexibility index (Phi) is 3.30. The number of carboxylic acid groups (broad SMARTS) is 1. The minimum absolute atomic E-state index is 0. The van der Waals surface area contributed by atoms with E-state index in [9.17, 15) is 18.0 Å². The van der Waals surface area contributed by atoms with Gasteiger partial charge in [0.2, 0.25) is 0 Å². The summed E-state index contributed by atoms with van der Waals surface area (Å²) in [7, 11) is 0. The third-order valence-electron chi connectivity index (χ3n) is 1.09. The van der Waals surface area contributed by atoms with E-state index in [0.29, 0.717) is 12.4 Å². The molecule has 0 aliphatic carbocycles. The summed E-state index contributed by atoms with van der Waals surface area (Å²) in [4.78, 5) is 10.1. The van der Waals surface area contributed by atoms with Crippen molar-refractivity contribution in [1.82, 2.24) is 9.78 Å². The van der Waals surface area contributed by atoms with Crippen LogP contribution in [0.5, 0.6) is 0 Å². The van der Waals surface area contributed by atoms with Gasteiger partial charge in [0.25, 0.3) is 0 Å². The van der Waals surface area contributed by atoms with Gasteiger partial charge < -0.3 is 5.11 Å². The highest BCUT2D eigenvalue weighted by Gasteiger charge is 2.32. The molecule has 0 aliphatic heterocycles. The first-order valence-electron chi connectivity index (χ1n) is 2.76. The molecule has 0 saturated heterocycles. The molecule has 0 fully saturated rings. The van der Waals surface area contributed by atoms with Crippen molar-refractivity contribution in [3.63, 3.8) is 0 Å². The van der Waals surface area contributed by atoms with Crippen LogP contribution in [-0.2, 0) is 6.30 Å². The zero-order valence-corrected chi connectivity index (χ0v) is 6.76. The van der Waals surface area contributed by atoms with E-state index in [1.165, 1.54) is 0 Å². The maximum absolute atomic E-state index is 11.8. The maximum atomic E-state index is 11.8. The van der Waals surface area contributed by atoms with Crippen LogP contribution in [-0.4, -0.2) is 20.9 Å². The predicted molar refractivity (Wildman–Crippen MR) is 37.7 cm³/mol. The smallest absolute Gasteiger partial charge is 0.478 e. The highest BCUT2D eigenvalue weighted by atomic mass is 35.5. The van der Waals surface area contributed by atoms with Gasteiger partial charge in [-0.15, -0.1) is 25.6 Å². The number of aromatic carboxylic acids is 1. The largest absolute Gasteiger partial charge is 0.504 e. The minimum Gasteiger partial charge on any atom is -0.478 e. The predicted octanol–water partition coefficient (Wildman–Crippen LogP) is 1.48. The molecular formula is C5H4ClF3N2O2. The molecule has 0 amide bonds. The van der Waals surface area contributed by atoms with Crippen LogP contribution >= 0.6 is 12.4 Å². The third-order valence-corrected chi connectivity index (χ3v) is 1.09. The second-order valence-electron chi connectivity index (χ2n) is 1.95. The van der Waals surface area contributed by atoms with Crippen molar-refractivity contribution in [2.75, 3.05) is 0 Å².